The van der Waals surface area contributed by atoms with Crippen molar-refractivity contribution in [3.05, 3.63) is 66.0 Å². The van der Waals surface area contributed by atoms with Gasteiger partial charge in [0.05, 0.1) is 10.2 Å². The Morgan fingerprint density at radius 1 is 1.03 bits per heavy atom. The van der Waals surface area contributed by atoms with Gasteiger partial charge < -0.3 is 9.64 Å². The van der Waals surface area contributed by atoms with E-state index in [0.717, 1.165) is 60.1 Å². The van der Waals surface area contributed by atoms with Gasteiger partial charge in [-0.15, -0.1) is 0 Å². The molecule has 5 rings (SSSR count). The van der Waals surface area contributed by atoms with Crippen LogP contribution < -0.4 is 9.64 Å². The summed E-state index contributed by atoms with van der Waals surface area (Å²) in [6.45, 7) is 6.10. The van der Waals surface area contributed by atoms with Gasteiger partial charge >= 0.3 is 0 Å². The molecule has 2 aromatic heterocycles. The summed E-state index contributed by atoms with van der Waals surface area (Å²) in [6, 6.07) is 15.1. The van der Waals surface area contributed by atoms with Crippen LogP contribution in [0.15, 0.2) is 54.9 Å². The molecule has 2 aromatic carbocycles. The fourth-order valence-corrected chi connectivity index (χ4v) is 5.12. The highest BCUT2D eigenvalue weighted by atomic mass is 32.1. The van der Waals surface area contributed by atoms with Crippen molar-refractivity contribution in [3.63, 3.8) is 0 Å². The van der Waals surface area contributed by atoms with Crippen molar-refractivity contribution < 1.29 is 4.74 Å². The number of benzene rings is 2. The molecular weight excluding hydrogens is 416 g/mol. The Bertz CT molecular complexity index is 1200. The summed E-state index contributed by atoms with van der Waals surface area (Å²) in [5.74, 6) is 0.826. The minimum Gasteiger partial charge on any atom is -0.467 e. The number of thiazole rings is 1. The lowest BCUT2D eigenvalue weighted by Gasteiger charge is -2.31. The quantitative estimate of drug-likeness (QED) is 0.362. The number of ether oxygens (including phenoxy) is 1. The number of fused-ring (bicyclic) bond motifs is 1. The highest BCUT2D eigenvalue weighted by Crippen LogP contribution is 2.33. The lowest BCUT2D eigenvalue weighted by Crippen LogP contribution is -2.39. The normalized spacial score (nSPS) is 14.8. The molecule has 0 spiro atoms. The lowest BCUT2D eigenvalue weighted by atomic mass is 10.0. The van der Waals surface area contributed by atoms with Crippen molar-refractivity contribution in [2.24, 2.45) is 0 Å². The van der Waals surface area contributed by atoms with E-state index in [4.69, 9.17) is 9.72 Å². The van der Waals surface area contributed by atoms with E-state index in [1.165, 1.54) is 22.3 Å². The third-order valence-electron chi connectivity index (χ3n) is 5.94. The van der Waals surface area contributed by atoms with Crippen LogP contribution in [-0.2, 0) is 6.42 Å². The van der Waals surface area contributed by atoms with Gasteiger partial charge in [0.2, 0.25) is 5.95 Å². The van der Waals surface area contributed by atoms with Crippen LogP contribution in [0.2, 0.25) is 0 Å². The molecule has 0 amide bonds. The van der Waals surface area contributed by atoms with Crippen LogP contribution in [0.5, 0.6) is 5.19 Å². The molecule has 3 heterocycles. The summed E-state index contributed by atoms with van der Waals surface area (Å²) >= 11 is 1.64. The molecule has 0 saturated carbocycles. The number of piperidine rings is 1. The van der Waals surface area contributed by atoms with Gasteiger partial charge in [-0.05, 0) is 42.2 Å². The summed E-state index contributed by atoms with van der Waals surface area (Å²) in [6.07, 6.45) is 8.15. The standard InChI is InChI=1S/C26H28N4OS/c1-3-5-19-16-27-25(28-17-19)30-12-10-22(11-13-30)31-26-29-23-9-8-21(15-24(23)32-26)20-7-4-6-18(2)14-20/h4,6-9,14-17,22H,3,5,10-13H2,1-2H3. The highest BCUT2D eigenvalue weighted by molar-refractivity contribution is 7.20. The molecule has 0 aliphatic carbocycles. The van der Waals surface area contributed by atoms with E-state index in [2.05, 4.69) is 71.2 Å². The van der Waals surface area contributed by atoms with Crippen LogP contribution in [0, 0.1) is 6.92 Å². The van der Waals surface area contributed by atoms with Gasteiger partial charge in [0.15, 0.2) is 0 Å². The largest absolute Gasteiger partial charge is 0.467 e. The molecule has 6 heteroatoms. The molecule has 164 valence electrons. The smallest absolute Gasteiger partial charge is 0.274 e. The molecule has 32 heavy (non-hydrogen) atoms. The van der Waals surface area contributed by atoms with Gasteiger partial charge in [-0.2, -0.15) is 0 Å². The van der Waals surface area contributed by atoms with Crippen molar-refractivity contribution in [1.29, 1.82) is 0 Å². The first-order valence-corrected chi connectivity index (χ1v) is 12.2. The van der Waals surface area contributed by atoms with Gasteiger partial charge in [-0.1, -0.05) is 60.6 Å². The number of aromatic nitrogens is 3. The van der Waals surface area contributed by atoms with Crippen LogP contribution in [0.4, 0.5) is 5.95 Å². The van der Waals surface area contributed by atoms with Crippen LogP contribution in [0.1, 0.15) is 37.3 Å². The Kier molecular flexibility index (Phi) is 6.04. The van der Waals surface area contributed by atoms with Gasteiger partial charge in [-0.25, -0.2) is 15.0 Å². The molecule has 0 unspecified atom stereocenters. The first-order chi connectivity index (χ1) is 15.7. The maximum Gasteiger partial charge on any atom is 0.274 e. The van der Waals surface area contributed by atoms with E-state index < -0.39 is 0 Å². The molecule has 5 nitrogen and oxygen atoms in total. The summed E-state index contributed by atoms with van der Waals surface area (Å²) in [5, 5.41) is 0.764. The molecule has 1 fully saturated rings. The summed E-state index contributed by atoms with van der Waals surface area (Å²) in [7, 11) is 0. The first kappa shape index (κ1) is 20.9. The molecule has 0 N–H and O–H groups in total. The Labute approximate surface area is 193 Å². The van der Waals surface area contributed by atoms with E-state index in [0.29, 0.717) is 0 Å². The van der Waals surface area contributed by atoms with Crippen molar-refractivity contribution in [2.75, 3.05) is 18.0 Å². The van der Waals surface area contributed by atoms with Gasteiger partial charge in [0.1, 0.15) is 6.10 Å². The molecule has 0 atom stereocenters. The van der Waals surface area contributed by atoms with E-state index in [1.807, 2.05) is 12.4 Å². The van der Waals surface area contributed by atoms with Crippen molar-refractivity contribution in [3.8, 4) is 16.3 Å². The zero-order chi connectivity index (χ0) is 21.9. The SMILES string of the molecule is CCCc1cnc(N2CCC(Oc3nc4ccc(-c5cccc(C)c5)cc4s3)CC2)nc1. The third-order valence-corrected chi connectivity index (χ3v) is 6.85. The van der Waals surface area contributed by atoms with E-state index in [-0.39, 0.29) is 6.10 Å². The lowest BCUT2D eigenvalue weighted by molar-refractivity contribution is 0.170. The average molecular weight is 445 g/mol. The Morgan fingerprint density at radius 3 is 2.56 bits per heavy atom. The maximum atomic E-state index is 6.28. The number of anilines is 1. The maximum absolute atomic E-state index is 6.28. The number of hydrogen-bond donors (Lipinski definition) is 0. The topological polar surface area (TPSA) is 51.1 Å². The number of aryl methyl sites for hydroxylation is 2. The third kappa shape index (κ3) is 4.60. The Morgan fingerprint density at radius 2 is 1.81 bits per heavy atom. The molecule has 1 saturated heterocycles. The van der Waals surface area contributed by atoms with Gasteiger partial charge in [-0.3, -0.25) is 0 Å². The van der Waals surface area contributed by atoms with Crippen LogP contribution in [0.3, 0.4) is 0 Å². The van der Waals surface area contributed by atoms with Gasteiger partial charge in [0, 0.05) is 38.3 Å². The molecule has 0 radical (unpaired) electrons. The van der Waals surface area contributed by atoms with Crippen molar-refractivity contribution >= 4 is 27.5 Å². The highest BCUT2D eigenvalue weighted by Gasteiger charge is 2.23. The fourth-order valence-electron chi connectivity index (χ4n) is 4.20. The van der Waals surface area contributed by atoms with Crippen LogP contribution in [-0.4, -0.2) is 34.1 Å². The summed E-state index contributed by atoms with van der Waals surface area (Å²) < 4.78 is 7.44. The summed E-state index contributed by atoms with van der Waals surface area (Å²) in [4.78, 5) is 16.1. The molecular formula is C26H28N4OS. The number of hydrogen-bond acceptors (Lipinski definition) is 6. The Hall–Kier alpha value is -2.99. The Balaban J connectivity index is 1.22. The van der Waals surface area contributed by atoms with Crippen molar-refractivity contribution in [2.45, 2.75) is 45.6 Å². The summed E-state index contributed by atoms with van der Waals surface area (Å²) in [5.41, 5.74) is 5.93. The molecule has 4 aromatic rings. The molecule has 1 aliphatic heterocycles. The minimum atomic E-state index is 0.183. The second-order valence-electron chi connectivity index (χ2n) is 8.48. The first-order valence-electron chi connectivity index (χ1n) is 11.4. The van der Waals surface area contributed by atoms with Crippen molar-refractivity contribution in [1.82, 2.24) is 15.0 Å². The predicted molar refractivity (Wildman–Crippen MR) is 132 cm³/mol. The van der Waals surface area contributed by atoms with Crippen LogP contribution in [0.25, 0.3) is 21.3 Å². The number of nitrogens with zero attached hydrogens (tertiary/aromatic N) is 4. The second-order valence-corrected chi connectivity index (χ2v) is 9.47. The van der Waals surface area contributed by atoms with E-state index in [1.54, 1.807) is 11.3 Å². The van der Waals surface area contributed by atoms with E-state index in [9.17, 15) is 0 Å². The molecule has 0 bridgehead atoms. The van der Waals surface area contributed by atoms with Crippen LogP contribution >= 0.6 is 11.3 Å². The fraction of sp³-hybridized carbons (Fsp3) is 0.346. The predicted octanol–water partition coefficient (Wildman–Crippen LogP) is 6.06. The molecule has 1 aliphatic rings. The van der Waals surface area contributed by atoms with E-state index >= 15 is 0 Å². The average Bonchev–Trinajstić information content (AvgIpc) is 3.22. The zero-order valence-corrected chi connectivity index (χ0v) is 19.4. The minimum absolute atomic E-state index is 0.183. The second kappa shape index (κ2) is 9.25. The van der Waals surface area contributed by atoms with Gasteiger partial charge in [0.25, 0.3) is 5.19 Å². The zero-order valence-electron chi connectivity index (χ0n) is 18.6. The monoisotopic (exact) mass is 444 g/mol. The number of rotatable bonds is 6.